The number of nitrogens with zero attached hydrogens (tertiary/aromatic N) is 1. The number of fused-ring (bicyclic) bond motifs is 1. The lowest BCUT2D eigenvalue weighted by Crippen LogP contribution is -2.30. The second-order valence-corrected chi connectivity index (χ2v) is 5.18. The molecule has 0 unspecified atom stereocenters. The van der Waals surface area contributed by atoms with E-state index in [0.717, 1.165) is 5.39 Å². The fourth-order valence-corrected chi connectivity index (χ4v) is 2.14. The molecule has 0 aliphatic heterocycles. The van der Waals surface area contributed by atoms with E-state index in [4.69, 9.17) is 4.74 Å². The van der Waals surface area contributed by atoms with Crippen LogP contribution in [0.25, 0.3) is 11.0 Å². The number of nitrogens with one attached hydrogen (secondary N) is 2. The Kier molecular flexibility index (Phi) is 4.80. The van der Waals surface area contributed by atoms with Crippen molar-refractivity contribution >= 4 is 22.7 Å². The van der Waals surface area contributed by atoms with E-state index in [0.29, 0.717) is 23.5 Å². The van der Waals surface area contributed by atoms with Crippen molar-refractivity contribution in [2.24, 2.45) is 5.92 Å². The number of rotatable bonds is 6. The number of aromatic nitrogens is 2. The van der Waals surface area contributed by atoms with Crippen molar-refractivity contribution in [3.8, 4) is 0 Å². The van der Waals surface area contributed by atoms with Crippen molar-refractivity contribution in [2.45, 2.75) is 26.8 Å². The second kappa shape index (κ2) is 6.58. The molecule has 6 heteroatoms. The van der Waals surface area contributed by atoms with Crippen molar-refractivity contribution in [1.82, 2.24) is 9.97 Å². The number of aliphatic hydroxyl groups is 1. The maximum atomic E-state index is 12.1. The highest BCUT2D eigenvalue weighted by atomic mass is 16.5. The Hall–Kier alpha value is -2.08. The van der Waals surface area contributed by atoms with Crippen molar-refractivity contribution in [3.63, 3.8) is 0 Å². The van der Waals surface area contributed by atoms with Crippen LogP contribution < -0.4 is 5.32 Å². The molecule has 0 saturated carbocycles. The molecule has 2 aromatic heterocycles. The van der Waals surface area contributed by atoms with E-state index in [2.05, 4.69) is 15.3 Å². The zero-order valence-corrected chi connectivity index (χ0v) is 12.5. The van der Waals surface area contributed by atoms with Crippen LogP contribution in [0.1, 0.15) is 31.1 Å². The first-order chi connectivity index (χ1) is 10.1. The summed E-state index contributed by atoms with van der Waals surface area (Å²) in [4.78, 5) is 19.3. The van der Waals surface area contributed by atoms with Gasteiger partial charge in [-0.1, -0.05) is 13.8 Å². The summed E-state index contributed by atoms with van der Waals surface area (Å²) in [5, 5.41) is 13.6. The molecule has 0 aromatic carbocycles. The lowest BCUT2D eigenvalue weighted by atomic mass is 10.0. The van der Waals surface area contributed by atoms with E-state index >= 15 is 0 Å². The molecule has 0 saturated heterocycles. The number of aromatic amines is 1. The number of aliphatic hydroxyl groups excluding tert-OH is 1. The highest BCUT2D eigenvalue weighted by Crippen LogP contribution is 2.27. The van der Waals surface area contributed by atoms with Gasteiger partial charge in [0, 0.05) is 17.8 Å². The quantitative estimate of drug-likeness (QED) is 0.710. The van der Waals surface area contributed by atoms with E-state index in [1.54, 1.807) is 13.1 Å². The minimum absolute atomic E-state index is 0.0197. The highest BCUT2D eigenvalue weighted by molar-refractivity contribution is 6.04. The van der Waals surface area contributed by atoms with Crippen LogP contribution in [0.2, 0.25) is 0 Å². The summed E-state index contributed by atoms with van der Waals surface area (Å²) in [5.41, 5.74) is 1.71. The van der Waals surface area contributed by atoms with Crippen LogP contribution in [0.5, 0.6) is 0 Å². The normalized spacial score (nSPS) is 12.6. The van der Waals surface area contributed by atoms with Gasteiger partial charge in [0.1, 0.15) is 11.2 Å². The highest BCUT2D eigenvalue weighted by Gasteiger charge is 2.21. The minimum atomic E-state index is -0.420. The fourth-order valence-electron chi connectivity index (χ4n) is 2.14. The Labute approximate surface area is 123 Å². The Morgan fingerprint density at radius 1 is 1.52 bits per heavy atom. The van der Waals surface area contributed by atoms with Gasteiger partial charge >= 0.3 is 5.97 Å². The molecule has 2 rings (SSSR count). The first-order valence-electron chi connectivity index (χ1n) is 7.09. The smallest absolute Gasteiger partial charge is 0.341 e. The molecule has 2 aromatic rings. The Morgan fingerprint density at radius 2 is 2.29 bits per heavy atom. The number of hydrogen-bond donors (Lipinski definition) is 3. The summed E-state index contributed by atoms with van der Waals surface area (Å²) in [6, 6.07) is 1.70. The average Bonchev–Trinajstić information content (AvgIpc) is 2.92. The molecule has 2 heterocycles. The first-order valence-corrected chi connectivity index (χ1v) is 7.09. The first kappa shape index (κ1) is 15.3. The van der Waals surface area contributed by atoms with Gasteiger partial charge in [-0.3, -0.25) is 0 Å². The zero-order chi connectivity index (χ0) is 15.4. The van der Waals surface area contributed by atoms with Gasteiger partial charge < -0.3 is 20.1 Å². The summed E-state index contributed by atoms with van der Waals surface area (Å²) in [7, 11) is 0. The van der Waals surface area contributed by atoms with E-state index in [1.165, 1.54) is 6.20 Å². The van der Waals surface area contributed by atoms with Crippen LogP contribution in [0.15, 0.2) is 18.5 Å². The van der Waals surface area contributed by atoms with Gasteiger partial charge in [0.05, 0.1) is 24.9 Å². The van der Waals surface area contributed by atoms with Gasteiger partial charge in [0.15, 0.2) is 0 Å². The molecule has 0 aliphatic rings. The molecule has 0 bridgehead atoms. The maximum Gasteiger partial charge on any atom is 0.341 e. The molecular weight excluding hydrogens is 270 g/mol. The molecule has 1 atom stereocenters. The summed E-state index contributed by atoms with van der Waals surface area (Å²) in [5.74, 6) is -0.205. The van der Waals surface area contributed by atoms with Crippen molar-refractivity contribution in [3.05, 3.63) is 24.0 Å². The summed E-state index contributed by atoms with van der Waals surface area (Å²) < 4.78 is 5.08. The molecule has 114 valence electrons. The third-order valence-electron chi connectivity index (χ3n) is 3.41. The monoisotopic (exact) mass is 291 g/mol. The van der Waals surface area contributed by atoms with Gasteiger partial charge in [-0.15, -0.1) is 0 Å². The van der Waals surface area contributed by atoms with Gasteiger partial charge in [0.2, 0.25) is 0 Å². The topological polar surface area (TPSA) is 87.2 Å². The standard InChI is InChI=1S/C15H21N3O3/c1-4-21-15(20)11-7-17-14-10(5-6-16-14)13(11)18-12(8-19)9(2)3/h5-7,9,12,19H,4,8H2,1-3H3,(H2,16,17,18)/t12-/m1/s1. The average molecular weight is 291 g/mol. The van der Waals surface area contributed by atoms with E-state index in [1.807, 2.05) is 19.9 Å². The molecule has 0 aliphatic carbocycles. The van der Waals surface area contributed by atoms with E-state index in [9.17, 15) is 9.90 Å². The zero-order valence-electron chi connectivity index (χ0n) is 12.5. The molecular formula is C15H21N3O3. The number of ether oxygens (including phenoxy) is 1. The summed E-state index contributed by atoms with van der Waals surface area (Å²) >= 11 is 0. The molecule has 0 spiro atoms. The number of carbonyl (C=O) groups is 1. The number of hydrogen-bond acceptors (Lipinski definition) is 5. The van der Waals surface area contributed by atoms with Gasteiger partial charge in [0.25, 0.3) is 0 Å². The largest absolute Gasteiger partial charge is 0.462 e. The second-order valence-electron chi connectivity index (χ2n) is 5.18. The predicted molar refractivity (Wildman–Crippen MR) is 81.4 cm³/mol. The predicted octanol–water partition coefficient (Wildman–Crippen LogP) is 2.17. The fraction of sp³-hybridized carbons (Fsp3) is 0.467. The molecule has 0 fully saturated rings. The van der Waals surface area contributed by atoms with Crippen LogP contribution in [-0.2, 0) is 4.74 Å². The number of carbonyl (C=O) groups excluding carboxylic acids is 1. The Balaban J connectivity index is 2.48. The number of H-pyrrole nitrogens is 1. The van der Waals surface area contributed by atoms with Gasteiger partial charge in [-0.05, 0) is 18.9 Å². The molecule has 0 radical (unpaired) electrons. The van der Waals surface area contributed by atoms with Crippen molar-refractivity contribution in [1.29, 1.82) is 0 Å². The molecule has 6 nitrogen and oxygen atoms in total. The SMILES string of the molecule is CCOC(=O)c1cnc2[nH]ccc2c1N[C@H](CO)C(C)C. The van der Waals surface area contributed by atoms with Gasteiger partial charge in [-0.25, -0.2) is 9.78 Å². The number of anilines is 1. The minimum Gasteiger partial charge on any atom is -0.462 e. The van der Waals surface area contributed by atoms with Crippen LogP contribution in [0, 0.1) is 5.92 Å². The Bertz CT molecular complexity index is 622. The van der Waals surface area contributed by atoms with Crippen LogP contribution in [0.3, 0.4) is 0 Å². The van der Waals surface area contributed by atoms with E-state index in [-0.39, 0.29) is 18.6 Å². The lowest BCUT2D eigenvalue weighted by Gasteiger charge is -2.23. The number of esters is 1. The van der Waals surface area contributed by atoms with Gasteiger partial charge in [-0.2, -0.15) is 0 Å². The Morgan fingerprint density at radius 3 is 2.90 bits per heavy atom. The maximum absolute atomic E-state index is 12.1. The molecule has 0 amide bonds. The lowest BCUT2D eigenvalue weighted by molar-refractivity contribution is 0.0527. The van der Waals surface area contributed by atoms with Crippen LogP contribution in [-0.4, -0.2) is 40.3 Å². The third kappa shape index (κ3) is 3.16. The summed E-state index contributed by atoms with van der Waals surface area (Å²) in [6.45, 7) is 6.06. The van der Waals surface area contributed by atoms with Crippen LogP contribution >= 0.6 is 0 Å². The van der Waals surface area contributed by atoms with Crippen molar-refractivity contribution < 1.29 is 14.6 Å². The molecule has 21 heavy (non-hydrogen) atoms. The summed E-state index contributed by atoms with van der Waals surface area (Å²) in [6.07, 6.45) is 3.26. The van der Waals surface area contributed by atoms with Crippen molar-refractivity contribution in [2.75, 3.05) is 18.5 Å². The third-order valence-corrected chi connectivity index (χ3v) is 3.41. The number of pyridine rings is 1. The van der Waals surface area contributed by atoms with E-state index < -0.39 is 5.97 Å². The molecule has 3 N–H and O–H groups in total. The van der Waals surface area contributed by atoms with Crippen LogP contribution in [0.4, 0.5) is 5.69 Å².